The molecule has 1 aromatic heterocycles. The molecule has 1 aliphatic heterocycles. The van der Waals surface area contributed by atoms with Gasteiger partial charge in [-0.25, -0.2) is 4.79 Å². The molecular formula is C15H15NO5S. The van der Waals surface area contributed by atoms with Gasteiger partial charge in [0.25, 0.3) is 11.1 Å². The first-order valence-electron chi connectivity index (χ1n) is 6.68. The lowest BCUT2D eigenvalue weighted by atomic mass is 10.3. The van der Waals surface area contributed by atoms with Crippen LogP contribution in [0.15, 0.2) is 39.9 Å². The highest BCUT2D eigenvalue weighted by atomic mass is 32.2. The summed E-state index contributed by atoms with van der Waals surface area (Å²) < 4.78 is 9.96. The second-order valence-corrected chi connectivity index (χ2v) is 5.37. The van der Waals surface area contributed by atoms with Gasteiger partial charge in [-0.3, -0.25) is 14.5 Å². The van der Waals surface area contributed by atoms with E-state index in [9.17, 15) is 14.4 Å². The van der Waals surface area contributed by atoms with Crippen LogP contribution in [0.1, 0.15) is 19.6 Å². The number of allylic oxidation sites excluding steroid dienone is 2. The summed E-state index contributed by atoms with van der Waals surface area (Å²) in [5, 5.41) is -0.483. The molecule has 2 rings (SSSR count). The van der Waals surface area contributed by atoms with Crippen LogP contribution in [-0.4, -0.2) is 34.7 Å². The predicted molar refractivity (Wildman–Crippen MR) is 81.8 cm³/mol. The third-order valence-electron chi connectivity index (χ3n) is 2.89. The fraction of sp³-hybridized carbons (Fsp3) is 0.267. The molecule has 0 bridgehead atoms. The van der Waals surface area contributed by atoms with Crippen molar-refractivity contribution in [3.8, 4) is 0 Å². The first-order chi connectivity index (χ1) is 10.5. The first-order valence-corrected chi connectivity index (χ1v) is 7.50. The maximum atomic E-state index is 12.2. The van der Waals surface area contributed by atoms with Crippen LogP contribution in [0.3, 0.4) is 0 Å². The standard InChI is InChI=1S/C15H15NO5S/c1-3-20-14(18)10(2)16-13(17)12(22-15(16)19)8-4-6-11-7-5-9-21-11/h4-10H,3H2,1-2H3/b6-4+,12-8+/t10-/m1/s1. The van der Waals surface area contributed by atoms with Gasteiger partial charge in [0.15, 0.2) is 0 Å². The number of hydrogen-bond donors (Lipinski definition) is 0. The fourth-order valence-electron chi connectivity index (χ4n) is 1.81. The Morgan fingerprint density at radius 3 is 2.91 bits per heavy atom. The van der Waals surface area contributed by atoms with Crippen molar-refractivity contribution in [1.82, 2.24) is 4.90 Å². The number of ether oxygens (including phenoxy) is 1. The predicted octanol–water partition coefficient (Wildman–Crippen LogP) is 2.82. The molecule has 1 atom stereocenters. The number of carbonyl (C=O) groups is 3. The Labute approximate surface area is 131 Å². The van der Waals surface area contributed by atoms with Gasteiger partial charge in [-0.15, -0.1) is 0 Å². The highest BCUT2D eigenvalue weighted by molar-refractivity contribution is 8.18. The van der Waals surface area contributed by atoms with Crippen molar-refractivity contribution in [3.05, 3.63) is 41.2 Å². The van der Waals surface area contributed by atoms with Crippen molar-refractivity contribution >= 4 is 35.0 Å². The second-order valence-electron chi connectivity index (χ2n) is 4.38. The zero-order valence-corrected chi connectivity index (χ0v) is 13.0. The summed E-state index contributed by atoms with van der Waals surface area (Å²) in [4.78, 5) is 37.0. The van der Waals surface area contributed by atoms with Gasteiger partial charge >= 0.3 is 5.97 Å². The molecule has 116 valence electrons. The van der Waals surface area contributed by atoms with E-state index in [2.05, 4.69) is 0 Å². The normalized spacial score (nSPS) is 18.5. The molecule has 2 heterocycles. The van der Waals surface area contributed by atoms with Gasteiger partial charge in [-0.2, -0.15) is 0 Å². The van der Waals surface area contributed by atoms with Gasteiger partial charge in [-0.1, -0.05) is 6.08 Å². The van der Waals surface area contributed by atoms with Crippen LogP contribution in [0, 0.1) is 0 Å². The molecule has 0 radical (unpaired) electrons. The summed E-state index contributed by atoms with van der Waals surface area (Å²) in [6.07, 6.45) is 6.34. The lowest BCUT2D eigenvalue weighted by Gasteiger charge is -2.19. The van der Waals surface area contributed by atoms with Crippen LogP contribution in [0.4, 0.5) is 4.79 Å². The third kappa shape index (κ3) is 3.48. The van der Waals surface area contributed by atoms with Crippen LogP contribution in [0.25, 0.3) is 6.08 Å². The van der Waals surface area contributed by atoms with E-state index in [-0.39, 0.29) is 11.5 Å². The summed E-state index contributed by atoms with van der Waals surface area (Å²) in [5.41, 5.74) is 0. The van der Waals surface area contributed by atoms with Crippen molar-refractivity contribution in [2.45, 2.75) is 19.9 Å². The molecule has 7 heteroatoms. The van der Waals surface area contributed by atoms with E-state index in [1.165, 1.54) is 19.3 Å². The molecule has 0 aliphatic carbocycles. The molecule has 1 aliphatic rings. The largest absolute Gasteiger partial charge is 0.465 e. The lowest BCUT2D eigenvalue weighted by Crippen LogP contribution is -2.42. The van der Waals surface area contributed by atoms with Crippen molar-refractivity contribution in [2.75, 3.05) is 6.61 Å². The first kappa shape index (κ1) is 16.1. The Balaban J connectivity index is 2.09. The minimum Gasteiger partial charge on any atom is -0.465 e. The fourth-order valence-corrected chi connectivity index (χ4v) is 2.67. The smallest absolute Gasteiger partial charge is 0.329 e. The number of rotatable bonds is 5. The highest BCUT2D eigenvalue weighted by Crippen LogP contribution is 2.32. The van der Waals surface area contributed by atoms with E-state index in [0.29, 0.717) is 5.76 Å². The van der Waals surface area contributed by atoms with Crippen LogP contribution < -0.4 is 0 Å². The van der Waals surface area contributed by atoms with E-state index in [1.54, 1.807) is 31.2 Å². The van der Waals surface area contributed by atoms with Crippen LogP contribution in [0.5, 0.6) is 0 Å². The number of amides is 2. The number of esters is 1. The number of imide groups is 1. The number of nitrogens with zero attached hydrogens (tertiary/aromatic N) is 1. The zero-order chi connectivity index (χ0) is 16.1. The van der Waals surface area contributed by atoms with Crippen molar-refractivity contribution < 1.29 is 23.5 Å². The molecule has 2 amide bonds. The Kier molecular flexibility index (Phi) is 5.21. The SMILES string of the molecule is CCOC(=O)[C@@H](C)N1C(=O)S/C(=C/C=C/c2ccco2)C1=O. The summed E-state index contributed by atoms with van der Waals surface area (Å²) in [7, 11) is 0. The maximum absolute atomic E-state index is 12.2. The highest BCUT2D eigenvalue weighted by Gasteiger charge is 2.41. The summed E-state index contributed by atoms with van der Waals surface area (Å²) in [6.45, 7) is 3.33. The Morgan fingerprint density at radius 2 is 2.27 bits per heavy atom. The van der Waals surface area contributed by atoms with E-state index in [0.717, 1.165) is 16.7 Å². The van der Waals surface area contributed by atoms with Gasteiger partial charge in [0.05, 0.1) is 17.8 Å². The molecule has 0 saturated carbocycles. The van der Waals surface area contributed by atoms with Gasteiger partial charge < -0.3 is 9.15 Å². The molecule has 1 fully saturated rings. The van der Waals surface area contributed by atoms with Crippen molar-refractivity contribution in [1.29, 1.82) is 0 Å². The lowest BCUT2D eigenvalue weighted by molar-refractivity contribution is -0.150. The number of furan rings is 1. The summed E-state index contributed by atoms with van der Waals surface area (Å²) >= 11 is 0.792. The van der Waals surface area contributed by atoms with Crippen molar-refractivity contribution in [2.24, 2.45) is 0 Å². The molecule has 22 heavy (non-hydrogen) atoms. The van der Waals surface area contributed by atoms with Crippen LogP contribution in [0.2, 0.25) is 0 Å². The Hall–Kier alpha value is -2.28. The van der Waals surface area contributed by atoms with E-state index in [1.807, 2.05) is 0 Å². The third-order valence-corrected chi connectivity index (χ3v) is 3.79. The quantitative estimate of drug-likeness (QED) is 0.613. The minimum atomic E-state index is -0.938. The average Bonchev–Trinajstić information content (AvgIpc) is 3.08. The number of hydrogen-bond acceptors (Lipinski definition) is 6. The molecule has 6 nitrogen and oxygen atoms in total. The molecule has 0 spiro atoms. The van der Waals surface area contributed by atoms with E-state index in [4.69, 9.17) is 9.15 Å². The zero-order valence-electron chi connectivity index (χ0n) is 12.1. The van der Waals surface area contributed by atoms with Gasteiger partial charge in [0.1, 0.15) is 11.8 Å². The van der Waals surface area contributed by atoms with Gasteiger partial charge in [0, 0.05) is 0 Å². The minimum absolute atomic E-state index is 0.196. The molecule has 0 N–H and O–H groups in total. The van der Waals surface area contributed by atoms with E-state index < -0.39 is 23.2 Å². The molecular weight excluding hydrogens is 306 g/mol. The summed E-state index contributed by atoms with van der Waals surface area (Å²) in [5.74, 6) is -0.466. The van der Waals surface area contributed by atoms with E-state index >= 15 is 0 Å². The van der Waals surface area contributed by atoms with Gasteiger partial charge in [0.2, 0.25) is 0 Å². The van der Waals surface area contributed by atoms with Crippen LogP contribution >= 0.6 is 11.8 Å². The second kappa shape index (κ2) is 7.13. The molecule has 0 aromatic carbocycles. The molecule has 0 unspecified atom stereocenters. The maximum Gasteiger partial charge on any atom is 0.329 e. The Bertz CT molecular complexity index is 632. The average molecular weight is 321 g/mol. The van der Waals surface area contributed by atoms with Crippen molar-refractivity contribution in [3.63, 3.8) is 0 Å². The topological polar surface area (TPSA) is 76.8 Å². The molecule has 1 aromatic rings. The Morgan fingerprint density at radius 1 is 1.50 bits per heavy atom. The number of thioether (sulfide) groups is 1. The number of carbonyl (C=O) groups excluding carboxylic acids is 3. The van der Waals surface area contributed by atoms with Crippen LogP contribution in [-0.2, 0) is 14.3 Å². The molecule has 1 saturated heterocycles. The van der Waals surface area contributed by atoms with Gasteiger partial charge in [-0.05, 0) is 49.9 Å². The monoisotopic (exact) mass is 321 g/mol. The summed E-state index contributed by atoms with van der Waals surface area (Å²) in [6, 6.07) is 2.57.